The lowest BCUT2D eigenvalue weighted by Gasteiger charge is -2.36. The molecule has 6 rings (SSSR count). The third-order valence-electron chi connectivity index (χ3n) is 7.32. The topological polar surface area (TPSA) is 110 Å². The Kier molecular flexibility index (Phi) is 5.27. The molecule has 2 fully saturated rings. The monoisotopic (exact) mass is 517 g/mol. The van der Waals surface area contributed by atoms with Crippen LogP contribution >= 0.6 is 11.6 Å². The minimum Gasteiger partial charge on any atom is -0.464 e. The fourth-order valence-corrected chi connectivity index (χ4v) is 6.05. The number of benzene rings is 3. The molecule has 37 heavy (non-hydrogen) atoms. The highest BCUT2D eigenvalue weighted by molar-refractivity contribution is 6.36. The van der Waals surface area contributed by atoms with Crippen LogP contribution in [0.3, 0.4) is 0 Å². The number of hydrogen-bond acceptors (Lipinski definition) is 7. The third-order valence-corrected chi connectivity index (χ3v) is 7.64. The van der Waals surface area contributed by atoms with Gasteiger partial charge < -0.3 is 9.64 Å². The molecule has 2 saturated heterocycles. The second kappa shape index (κ2) is 8.41. The number of nitro benzene ring substituents is 1. The van der Waals surface area contributed by atoms with Crippen molar-refractivity contribution in [2.75, 3.05) is 16.4 Å². The molecule has 2 amide bonds. The summed E-state index contributed by atoms with van der Waals surface area (Å²) < 4.78 is 5.38. The second-order valence-corrected chi connectivity index (χ2v) is 9.54. The fraction of sp³-hybridized carbons (Fsp3) is 0.222. The maximum atomic E-state index is 13.8. The number of halogens is 1. The number of ether oxygens (including phenoxy) is 1. The molecule has 4 unspecified atom stereocenters. The summed E-state index contributed by atoms with van der Waals surface area (Å²) in [5, 5.41) is 13.4. The van der Waals surface area contributed by atoms with Gasteiger partial charge in [-0.1, -0.05) is 54.1 Å². The molecule has 0 radical (unpaired) electrons. The van der Waals surface area contributed by atoms with Crippen molar-refractivity contribution in [1.82, 2.24) is 0 Å². The number of carbonyl (C=O) groups excluding carboxylic acids is 3. The summed E-state index contributed by atoms with van der Waals surface area (Å²) in [6.45, 7) is 1.78. The molecule has 0 aliphatic carbocycles. The molecule has 0 saturated carbocycles. The van der Waals surface area contributed by atoms with Crippen LogP contribution in [0.4, 0.5) is 17.1 Å². The van der Waals surface area contributed by atoms with Crippen LogP contribution in [-0.4, -0.2) is 41.4 Å². The Morgan fingerprint density at radius 2 is 1.81 bits per heavy atom. The van der Waals surface area contributed by atoms with Crippen molar-refractivity contribution in [1.29, 1.82) is 0 Å². The highest BCUT2D eigenvalue weighted by atomic mass is 35.5. The van der Waals surface area contributed by atoms with E-state index in [1.165, 1.54) is 12.1 Å². The molecule has 0 bridgehead atoms. The number of rotatable bonds is 4. The minimum atomic E-state index is -1.06. The summed E-state index contributed by atoms with van der Waals surface area (Å²) in [5.74, 6) is -3.75. The number of nitro groups is 1. The number of amides is 2. The average Bonchev–Trinajstić information content (AvgIpc) is 3.37. The molecule has 3 aliphatic heterocycles. The van der Waals surface area contributed by atoms with E-state index >= 15 is 0 Å². The van der Waals surface area contributed by atoms with Gasteiger partial charge in [0.25, 0.3) is 5.69 Å². The van der Waals surface area contributed by atoms with Crippen LogP contribution in [0.25, 0.3) is 16.8 Å². The molecule has 0 N–H and O–H groups in total. The van der Waals surface area contributed by atoms with Crippen LogP contribution in [0.2, 0.25) is 5.02 Å². The minimum absolute atomic E-state index is 0.0211. The Labute approximate surface area is 216 Å². The van der Waals surface area contributed by atoms with E-state index in [0.29, 0.717) is 0 Å². The standard InChI is InChI=1S/C27H20ClN3O6/c1-2-37-27(34)24-23-22(25(32)30(26(23)33)21-13-15(31(35)36)8-10-18(21)28)20-12-9-17-16-6-4-3-5-14(16)7-11-19(17)29(20)24/h3-13,20,22-24H,2H2,1H3. The maximum absolute atomic E-state index is 13.8. The number of esters is 1. The van der Waals surface area contributed by atoms with Crippen LogP contribution < -0.4 is 9.80 Å². The van der Waals surface area contributed by atoms with E-state index in [1.807, 2.05) is 53.5 Å². The predicted octanol–water partition coefficient (Wildman–Crippen LogP) is 4.35. The first-order chi connectivity index (χ1) is 17.8. The maximum Gasteiger partial charge on any atom is 0.329 e. The van der Waals surface area contributed by atoms with Gasteiger partial charge in [0, 0.05) is 23.4 Å². The molecular weight excluding hydrogens is 498 g/mol. The smallest absolute Gasteiger partial charge is 0.329 e. The van der Waals surface area contributed by atoms with Crippen molar-refractivity contribution >= 4 is 63.3 Å². The van der Waals surface area contributed by atoms with E-state index in [0.717, 1.165) is 33.0 Å². The van der Waals surface area contributed by atoms with Gasteiger partial charge >= 0.3 is 5.97 Å². The van der Waals surface area contributed by atoms with E-state index in [2.05, 4.69) is 0 Å². The van der Waals surface area contributed by atoms with Gasteiger partial charge in [-0.2, -0.15) is 0 Å². The summed E-state index contributed by atoms with van der Waals surface area (Å²) in [6, 6.07) is 13.6. The van der Waals surface area contributed by atoms with Gasteiger partial charge in [0.05, 0.1) is 40.1 Å². The van der Waals surface area contributed by atoms with E-state index in [9.17, 15) is 24.5 Å². The summed E-state index contributed by atoms with van der Waals surface area (Å²) in [6.07, 6.45) is 3.76. The van der Waals surface area contributed by atoms with Crippen molar-refractivity contribution in [3.8, 4) is 0 Å². The first kappa shape index (κ1) is 23.2. The third kappa shape index (κ3) is 3.27. The zero-order valence-electron chi connectivity index (χ0n) is 19.5. The van der Waals surface area contributed by atoms with Crippen LogP contribution in [0.15, 0.2) is 60.7 Å². The van der Waals surface area contributed by atoms with Crippen molar-refractivity contribution in [2.45, 2.75) is 19.0 Å². The van der Waals surface area contributed by atoms with Crippen molar-refractivity contribution in [3.05, 3.63) is 81.4 Å². The molecule has 3 aromatic rings. The SMILES string of the molecule is CCOC(=O)C1C2C(=O)N(c3cc([N+](=O)[O-])ccc3Cl)C(=O)C2C2C=Cc3c(ccc4ccccc34)N21. The molecule has 4 atom stereocenters. The number of nitrogens with zero attached hydrogens (tertiary/aromatic N) is 3. The van der Waals surface area contributed by atoms with E-state index < -0.39 is 46.6 Å². The average molecular weight is 518 g/mol. The Morgan fingerprint density at radius 1 is 1.05 bits per heavy atom. The van der Waals surface area contributed by atoms with Gasteiger partial charge in [-0.25, -0.2) is 9.69 Å². The zero-order chi connectivity index (χ0) is 26.0. The Morgan fingerprint density at radius 3 is 2.57 bits per heavy atom. The molecule has 3 aliphatic rings. The highest BCUT2D eigenvalue weighted by Crippen LogP contribution is 2.51. The van der Waals surface area contributed by atoms with Crippen LogP contribution in [-0.2, 0) is 19.1 Å². The summed E-state index contributed by atoms with van der Waals surface area (Å²) in [5.41, 5.74) is 1.25. The van der Waals surface area contributed by atoms with Crippen LogP contribution in [0.5, 0.6) is 0 Å². The van der Waals surface area contributed by atoms with Gasteiger partial charge in [-0.15, -0.1) is 0 Å². The zero-order valence-corrected chi connectivity index (χ0v) is 20.3. The molecule has 0 aromatic heterocycles. The van der Waals surface area contributed by atoms with E-state index in [-0.39, 0.29) is 23.0 Å². The number of imide groups is 1. The molecule has 0 spiro atoms. The Hall–Kier alpha value is -4.24. The molecule has 3 heterocycles. The second-order valence-electron chi connectivity index (χ2n) is 9.13. The fourth-order valence-electron chi connectivity index (χ4n) is 5.85. The quantitative estimate of drug-likeness (QED) is 0.219. The highest BCUT2D eigenvalue weighted by Gasteiger charge is 2.65. The van der Waals surface area contributed by atoms with Crippen LogP contribution in [0.1, 0.15) is 12.5 Å². The summed E-state index contributed by atoms with van der Waals surface area (Å²) in [4.78, 5) is 54.4. The molecule has 3 aromatic carbocycles. The lowest BCUT2D eigenvalue weighted by molar-refractivity contribution is -0.384. The summed E-state index contributed by atoms with van der Waals surface area (Å²) in [7, 11) is 0. The Bertz CT molecular complexity index is 1550. The van der Waals surface area contributed by atoms with Gasteiger partial charge in [0.1, 0.15) is 6.04 Å². The number of carbonyl (C=O) groups is 3. The molecule has 10 heteroatoms. The van der Waals surface area contributed by atoms with Crippen LogP contribution in [0, 0.1) is 22.0 Å². The van der Waals surface area contributed by atoms with Gasteiger partial charge in [0.2, 0.25) is 11.8 Å². The lowest BCUT2D eigenvalue weighted by Crippen LogP contribution is -2.49. The normalized spacial score (nSPS) is 23.7. The van der Waals surface area contributed by atoms with E-state index in [4.69, 9.17) is 16.3 Å². The molecule has 186 valence electrons. The largest absolute Gasteiger partial charge is 0.464 e. The number of fused-ring (bicyclic) bond motifs is 7. The Balaban J connectivity index is 1.50. The molecule has 9 nitrogen and oxygen atoms in total. The number of anilines is 2. The van der Waals surface area contributed by atoms with Crippen molar-refractivity contribution in [2.24, 2.45) is 11.8 Å². The summed E-state index contributed by atoms with van der Waals surface area (Å²) >= 11 is 6.29. The number of non-ortho nitro benzene ring substituents is 1. The lowest BCUT2D eigenvalue weighted by atomic mass is 9.88. The van der Waals surface area contributed by atoms with E-state index in [1.54, 1.807) is 6.92 Å². The first-order valence-electron chi connectivity index (χ1n) is 11.8. The van der Waals surface area contributed by atoms with Gasteiger partial charge in [-0.05, 0) is 29.8 Å². The van der Waals surface area contributed by atoms with Gasteiger partial charge in [0.15, 0.2) is 0 Å². The predicted molar refractivity (Wildman–Crippen MR) is 137 cm³/mol. The van der Waals surface area contributed by atoms with Gasteiger partial charge in [-0.3, -0.25) is 19.7 Å². The first-order valence-corrected chi connectivity index (χ1v) is 12.2. The van der Waals surface area contributed by atoms with Crippen molar-refractivity contribution < 1.29 is 24.0 Å². The van der Waals surface area contributed by atoms with Crippen molar-refractivity contribution in [3.63, 3.8) is 0 Å². The number of hydrogen-bond donors (Lipinski definition) is 0. The molecular formula is C27H20ClN3O6.